The van der Waals surface area contributed by atoms with Crippen molar-refractivity contribution in [3.05, 3.63) is 36.7 Å². The van der Waals surface area contributed by atoms with E-state index in [2.05, 4.69) is 27.2 Å². The minimum atomic E-state index is -3.51. The molecule has 3 N–H and O–H groups in total. The number of amides is 1. The number of fused-ring (bicyclic) bond motifs is 1. The van der Waals surface area contributed by atoms with E-state index in [4.69, 9.17) is 14.9 Å². The van der Waals surface area contributed by atoms with E-state index in [9.17, 15) is 13.2 Å². The van der Waals surface area contributed by atoms with Crippen LogP contribution in [0.4, 0.5) is 5.95 Å². The van der Waals surface area contributed by atoms with Gasteiger partial charge in [-0.3, -0.25) is 4.79 Å². The zero-order valence-corrected chi connectivity index (χ0v) is 22.4. The van der Waals surface area contributed by atoms with Gasteiger partial charge in [-0.2, -0.15) is 10.1 Å². The first kappa shape index (κ1) is 26.4. The van der Waals surface area contributed by atoms with Crippen LogP contribution in [-0.4, -0.2) is 70.0 Å². The maximum atomic E-state index is 12.9. The lowest BCUT2D eigenvalue weighted by atomic mass is 9.85. The van der Waals surface area contributed by atoms with Crippen LogP contribution in [0.15, 0.2) is 36.7 Å². The normalized spacial score (nSPS) is 22.1. The van der Waals surface area contributed by atoms with Crippen molar-refractivity contribution in [3.8, 4) is 11.6 Å². The number of sulfonamides is 1. The molecule has 0 unspecified atom stereocenters. The maximum Gasteiger partial charge on any atom is 0.225 e. The van der Waals surface area contributed by atoms with Gasteiger partial charge in [0.2, 0.25) is 21.9 Å². The first-order chi connectivity index (χ1) is 18.3. The third-order valence-electron chi connectivity index (χ3n) is 7.51. The number of carbonyl (C=O) groups is 1. The van der Waals surface area contributed by atoms with Gasteiger partial charge in [0, 0.05) is 36.8 Å². The van der Waals surface area contributed by atoms with E-state index in [-0.39, 0.29) is 24.3 Å². The number of nitrogens with one attached hydrogen (secondary N) is 1. The smallest absolute Gasteiger partial charge is 0.225 e. The van der Waals surface area contributed by atoms with E-state index >= 15 is 0 Å². The predicted molar refractivity (Wildman–Crippen MR) is 145 cm³/mol. The highest BCUT2D eigenvalue weighted by Gasteiger charge is 2.33. The Morgan fingerprint density at radius 3 is 2.74 bits per heavy atom. The minimum Gasteiger partial charge on any atom is -0.493 e. The monoisotopic (exact) mass is 541 g/mol. The fourth-order valence-electron chi connectivity index (χ4n) is 5.47. The number of anilines is 1. The van der Waals surface area contributed by atoms with Gasteiger partial charge in [0.05, 0.1) is 29.5 Å². The van der Waals surface area contributed by atoms with Gasteiger partial charge in [0.15, 0.2) is 5.82 Å². The fraction of sp³-hybridized carbons (Fsp3) is 0.538. The standard InChI is InChI=1S/C26H35N7O4S/c1-18-5-3-14-32(18)25(34)19-8-10-20(11-9-19)30-26-28-13-12-24(31-26)33-22-6-2-7-23(21(22)17-29-33)37-15-4-16-38(27,35)36/h2,6-7,12-13,17-20H,3-5,8-11,14-16H2,1H3,(H2,27,35,36)(H,28,30,31)/t18-,19?,20?/m0/s1. The molecule has 1 aromatic carbocycles. The number of primary sulfonamides is 1. The number of hydrogen-bond acceptors (Lipinski definition) is 8. The molecule has 3 aromatic rings. The molecule has 1 aliphatic heterocycles. The van der Waals surface area contributed by atoms with Gasteiger partial charge < -0.3 is 15.0 Å². The summed E-state index contributed by atoms with van der Waals surface area (Å²) >= 11 is 0. The summed E-state index contributed by atoms with van der Waals surface area (Å²) in [5, 5.41) is 13.8. The van der Waals surface area contributed by atoms with Crippen molar-refractivity contribution in [1.29, 1.82) is 0 Å². The quantitative estimate of drug-likeness (QED) is 0.393. The molecule has 3 heterocycles. The fourth-order valence-corrected chi connectivity index (χ4v) is 5.99. The van der Waals surface area contributed by atoms with Crippen molar-refractivity contribution in [2.24, 2.45) is 11.1 Å². The van der Waals surface area contributed by atoms with Crippen LogP contribution in [-0.2, 0) is 14.8 Å². The Balaban J connectivity index is 1.22. The lowest BCUT2D eigenvalue weighted by molar-refractivity contribution is -0.137. The number of carbonyl (C=O) groups excluding carboxylic acids is 1. The average Bonchev–Trinajstić information content (AvgIpc) is 3.53. The third kappa shape index (κ3) is 6.07. The molecule has 0 spiro atoms. The largest absolute Gasteiger partial charge is 0.493 e. The average molecular weight is 542 g/mol. The molecular weight excluding hydrogens is 506 g/mol. The minimum absolute atomic E-state index is 0.118. The second kappa shape index (κ2) is 11.2. The van der Waals surface area contributed by atoms with Crippen molar-refractivity contribution in [3.63, 3.8) is 0 Å². The van der Waals surface area contributed by atoms with E-state index in [0.29, 0.717) is 35.9 Å². The van der Waals surface area contributed by atoms with Gasteiger partial charge in [-0.1, -0.05) is 6.07 Å². The topological polar surface area (TPSA) is 145 Å². The summed E-state index contributed by atoms with van der Waals surface area (Å²) in [6.45, 7) is 3.28. The number of hydrogen-bond donors (Lipinski definition) is 2. The van der Waals surface area contributed by atoms with Crippen LogP contribution in [0.25, 0.3) is 16.7 Å². The van der Waals surface area contributed by atoms with E-state index in [0.717, 1.165) is 56.0 Å². The first-order valence-electron chi connectivity index (χ1n) is 13.3. The van der Waals surface area contributed by atoms with Crippen molar-refractivity contribution in [2.75, 3.05) is 24.2 Å². The Morgan fingerprint density at radius 2 is 2.00 bits per heavy atom. The Kier molecular flexibility index (Phi) is 7.80. The molecule has 1 saturated carbocycles. The number of aromatic nitrogens is 4. The van der Waals surface area contributed by atoms with Gasteiger partial charge in [-0.25, -0.2) is 23.2 Å². The predicted octanol–water partition coefficient (Wildman–Crippen LogP) is 2.85. The molecule has 2 aliphatic rings. The molecule has 12 heteroatoms. The van der Waals surface area contributed by atoms with Gasteiger partial charge in [-0.15, -0.1) is 0 Å². The van der Waals surface area contributed by atoms with E-state index in [1.54, 1.807) is 23.1 Å². The molecule has 1 saturated heterocycles. The van der Waals surface area contributed by atoms with Crippen LogP contribution in [0.5, 0.6) is 5.75 Å². The van der Waals surface area contributed by atoms with Gasteiger partial charge >= 0.3 is 0 Å². The molecule has 2 fully saturated rings. The summed E-state index contributed by atoms with van der Waals surface area (Å²) in [5.74, 6) is 2.08. The van der Waals surface area contributed by atoms with Crippen LogP contribution < -0.4 is 15.2 Å². The van der Waals surface area contributed by atoms with E-state index in [1.165, 1.54) is 0 Å². The lowest BCUT2D eigenvalue weighted by Gasteiger charge is -2.32. The first-order valence-corrected chi connectivity index (χ1v) is 15.0. The molecule has 0 radical (unpaired) electrons. The number of nitrogens with zero attached hydrogens (tertiary/aromatic N) is 5. The van der Waals surface area contributed by atoms with E-state index < -0.39 is 10.0 Å². The Bertz CT molecular complexity index is 1390. The summed E-state index contributed by atoms with van der Waals surface area (Å²) < 4.78 is 29.8. The highest BCUT2D eigenvalue weighted by atomic mass is 32.2. The molecule has 11 nitrogen and oxygen atoms in total. The van der Waals surface area contributed by atoms with Crippen molar-refractivity contribution in [2.45, 2.75) is 64.0 Å². The summed E-state index contributed by atoms with van der Waals surface area (Å²) in [7, 11) is -3.51. The summed E-state index contributed by atoms with van der Waals surface area (Å²) in [4.78, 5) is 24.1. The molecule has 1 amide bonds. The van der Waals surface area contributed by atoms with Crippen molar-refractivity contribution >= 4 is 32.8 Å². The maximum absolute atomic E-state index is 12.9. The van der Waals surface area contributed by atoms with Gasteiger partial charge in [0.25, 0.3) is 0 Å². The van der Waals surface area contributed by atoms with Gasteiger partial charge in [-0.05, 0) is 64.0 Å². The second-order valence-corrected chi connectivity index (χ2v) is 12.0. The number of ether oxygens (including phenoxy) is 1. The Hall–Kier alpha value is -3.25. The summed E-state index contributed by atoms with van der Waals surface area (Å²) in [6, 6.07) is 7.99. The second-order valence-electron chi connectivity index (χ2n) is 10.3. The van der Waals surface area contributed by atoms with E-state index in [1.807, 2.05) is 18.2 Å². The Morgan fingerprint density at radius 1 is 1.18 bits per heavy atom. The van der Waals surface area contributed by atoms with Crippen molar-refractivity contribution < 1.29 is 17.9 Å². The molecule has 38 heavy (non-hydrogen) atoms. The molecule has 1 atom stereocenters. The summed E-state index contributed by atoms with van der Waals surface area (Å²) in [6.07, 6.45) is 9.50. The lowest BCUT2D eigenvalue weighted by Crippen LogP contribution is -2.40. The molecule has 2 aromatic heterocycles. The van der Waals surface area contributed by atoms with Crippen LogP contribution >= 0.6 is 0 Å². The van der Waals surface area contributed by atoms with Crippen LogP contribution in [0.2, 0.25) is 0 Å². The zero-order chi connectivity index (χ0) is 26.7. The highest BCUT2D eigenvalue weighted by molar-refractivity contribution is 7.89. The molecular formula is C26H35N7O4S. The third-order valence-corrected chi connectivity index (χ3v) is 8.37. The number of rotatable bonds is 9. The molecule has 1 aliphatic carbocycles. The number of nitrogens with two attached hydrogens (primary N) is 1. The van der Waals surface area contributed by atoms with Crippen LogP contribution in [0.3, 0.4) is 0 Å². The van der Waals surface area contributed by atoms with Crippen LogP contribution in [0.1, 0.15) is 51.9 Å². The number of likely N-dealkylation sites (tertiary alicyclic amines) is 1. The molecule has 5 rings (SSSR count). The number of benzene rings is 1. The molecule has 204 valence electrons. The van der Waals surface area contributed by atoms with Gasteiger partial charge in [0.1, 0.15) is 5.75 Å². The zero-order valence-electron chi connectivity index (χ0n) is 21.6. The molecule has 0 bridgehead atoms. The van der Waals surface area contributed by atoms with Crippen molar-refractivity contribution in [1.82, 2.24) is 24.6 Å². The summed E-state index contributed by atoms with van der Waals surface area (Å²) in [5.41, 5.74) is 0.814. The Labute approximate surface area is 222 Å². The SMILES string of the molecule is C[C@H]1CCCN1C(=O)C1CCC(Nc2nccc(-n3ncc4c(OCCCS(N)(=O)=O)cccc43)n2)CC1. The van der Waals surface area contributed by atoms with Crippen LogP contribution in [0, 0.1) is 5.92 Å². The highest BCUT2D eigenvalue weighted by Crippen LogP contribution is 2.31.